The minimum atomic E-state index is -0.0648. The second-order valence-electron chi connectivity index (χ2n) is 4.62. The molecule has 1 unspecified atom stereocenters. The summed E-state index contributed by atoms with van der Waals surface area (Å²) in [5.41, 5.74) is 1.25. The van der Waals surface area contributed by atoms with Gasteiger partial charge in [-0.1, -0.05) is 17.7 Å². The average Bonchev–Trinajstić information content (AvgIpc) is 2.89. The molecule has 1 aliphatic rings. The van der Waals surface area contributed by atoms with Crippen molar-refractivity contribution in [2.24, 2.45) is 0 Å². The van der Waals surface area contributed by atoms with Crippen LogP contribution in [-0.2, 0) is 0 Å². The van der Waals surface area contributed by atoms with Gasteiger partial charge >= 0.3 is 0 Å². The summed E-state index contributed by atoms with van der Waals surface area (Å²) in [6, 6.07) is 8.03. The predicted molar refractivity (Wildman–Crippen MR) is 78.2 cm³/mol. The molecule has 0 aromatic heterocycles. The number of hydrogen-bond acceptors (Lipinski definition) is 3. The van der Waals surface area contributed by atoms with Crippen LogP contribution in [0.25, 0.3) is 0 Å². The van der Waals surface area contributed by atoms with Gasteiger partial charge in [-0.2, -0.15) is 0 Å². The number of aliphatic hydroxyl groups excluding tert-OH is 1. The molecule has 1 fully saturated rings. The van der Waals surface area contributed by atoms with Crippen LogP contribution in [0, 0.1) is 19.3 Å². The Balaban J connectivity index is 0.000000250. The number of unbranched alkanes of at least 4 members (excludes halogenated alkanes) is 1. The van der Waals surface area contributed by atoms with Gasteiger partial charge in [0, 0.05) is 13.0 Å². The lowest BCUT2D eigenvalue weighted by Crippen LogP contribution is -2.11. The van der Waals surface area contributed by atoms with E-state index in [4.69, 9.17) is 16.3 Å². The summed E-state index contributed by atoms with van der Waals surface area (Å²) in [5, 5.41) is 11.7. The smallest absolute Gasteiger partial charge is 0.119 e. The summed E-state index contributed by atoms with van der Waals surface area (Å²) in [6.07, 6.45) is 7.69. The van der Waals surface area contributed by atoms with Crippen LogP contribution in [0.3, 0.4) is 0 Å². The molecule has 1 aromatic rings. The van der Waals surface area contributed by atoms with Crippen molar-refractivity contribution in [3.63, 3.8) is 0 Å². The number of β-amino-alcohol motifs (C(OH)–C–C–N with tert-alkyl or cyclic N) is 1. The molecule has 1 aromatic carbocycles. The van der Waals surface area contributed by atoms with Crippen molar-refractivity contribution in [3.8, 4) is 18.1 Å². The Bertz CT molecular complexity index is 375. The molecule has 2 rings (SSSR count). The van der Waals surface area contributed by atoms with Gasteiger partial charge in [-0.3, -0.25) is 0 Å². The second kappa shape index (κ2) is 9.43. The van der Waals surface area contributed by atoms with Crippen molar-refractivity contribution in [3.05, 3.63) is 29.8 Å². The monoisotopic (exact) mass is 261 g/mol. The van der Waals surface area contributed by atoms with Crippen LogP contribution in [0.1, 0.15) is 24.8 Å². The fraction of sp³-hybridized carbons (Fsp3) is 0.500. The number of benzene rings is 1. The van der Waals surface area contributed by atoms with E-state index in [1.807, 2.05) is 24.3 Å². The average molecular weight is 261 g/mol. The standard InChI is InChI=1S/C12H14O.C4H9NO/c1-3-4-5-10-13-12-8-6-11(2)7-9-12;6-4-1-2-5-3-4/h1,6-9H,4-5,10H2,2H3;4-6H,1-3H2. The first-order valence-electron chi connectivity index (χ1n) is 6.74. The van der Waals surface area contributed by atoms with Gasteiger partial charge in [-0.15, -0.1) is 12.3 Å². The highest BCUT2D eigenvalue weighted by Crippen LogP contribution is 2.11. The third-order valence-electron chi connectivity index (χ3n) is 2.79. The quantitative estimate of drug-likeness (QED) is 0.644. The van der Waals surface area contributed by atoms with Crippen LogP contribution >= 0.6 is 0 Å². The van der Waals surface area contributed by atoms with Gasteiger partial charge in [-0.25, -0.2) is 0 Å². The maximum Gasteiger partial charge on any atom is 0.119 e. The molecular weight excluding hydrogens is 238 g/mol. The molecule has 0 bridgehead atoms. The van der Waals surface area contributed by atoms with E-state index in [-0.39, 0.29) is 6.10 Å². The van der Waals surface area contributed by atoms with Gasteiger partial charge in [-0.05, 0) is 38.4 Å². The molecule has 0 aliphatic carbocycles. The van der Waals surface area contributed by atoms with Gasteiger partial charge in [0.2, 0.25) is 0 Å². The van der Waals surface area contributed by atoms with Crippen molar-refractivity contribution >= 4 is 0 Å². The maximum absolute atomic E-state index is 8.67. The molecule has 3 heteroatoms. The highest BCUT2D eigenvalue weighted by molar-refractivity contribution is 5.26. The van der Waals surface area contributed by atoms with Gasteiger partial charge in [0.05, 0.1) is 12.7 Å². The lowest BCUT2D eigenvalue weighted by molar-refractivity contribution is 0.196. The highest BCUT2D eigenvalue weighted by Gasteiger charge is 2.08. The zero-order valence-corrected chi connectivity index (χ0v) is 11.6. The number of nitrogens with one attached hydrogen (secondary N) is 1. The van der Waals surface area contributed by atoms with E-state index < -0.39 is 0 Å². The van der Waals surface area contributed by atoms with Crippen LogP contribution in [0.4, 0.5) is 0 Å². The van der Waals surface area contributed by atoms with Crippen LogP contribution in [-0.4, -0.2) is 30.9 Å². The van der Waals surface area contributed by atoms with Gasteiger partial charge in [0.25, 0.3) is 0 Å². The summed E-state index contributed by atoms with van der Waals surface area (Å²) in [7, 11) is 0. The largest absolute Gasteiger partial charge is 0.494 e. The minimum Gasteiger partial charge on any atom is -0.494 e. The molecule has 1 saturated heterocycles. The Morgan fingerprint density at radius 2 is 2.16 bits per heavy atom. The van der Waals surface area contributed by atoms with E-state index >= 15 is 0 Å². The molecule has 19 heavy (non-hydrogen) atoms. The number of hydrogen-bond donors (Lipinski definition) is 2. The van der Waals surface area contributed by atoms with Crippen LogP contribution in [0.15, 0.2) is 24.3 Å². The van der Waals surface area contributed by atoms with E-state index in [9.17, 15) is 0 Å². The Labute approximate surface area is 116 Å². The first-order chi connectivity index (χ1) is 9.22. The Hall–Kier alpha value is -1.50. The zero-order chi connectivity index (χ0) is 13.9. The van der Waals surface area contributed by atoms with E-state index in [0.29, 0.717) is 6.61 Å². The summed E-state index contributed by atoms with van der Waals surface area (Å²) >= 11 is 0. The third-order valence-corrected chi connectivity index (χ3v) is 2.79. The van der Waals surface area contributed by atoms with Crippen molar-refractivity contribution in [1.29, 1.82) is 0 Å². The minimum absolute atomic E-state index is 0.0648. The fourth-order valence-electron chi connectivity index (χ4n) is 1.64. The molecule has 0 spiro atoms. The third kappa shape index (κ3) is 7.50. The summed E-state index contributed by atoms with van der Waals surface area (Å²) < 4.78 is 5.47. The summed E-state index contributed by atoms with van der Waals surface area (Å²) in [4.78, 5) is 0. The van der Waals surface area contributed by atoms with Crippen molar-refractivity contribution in [2.75, 3.05) is 19.7 Å². The molecular formula is C16H23NO2. The normalized spacial score (nSPS) is 17.2. The Kier molecular flexibility index (Phi) is 7.72. The number of ether oxygens (including phenoxy) is 1. The topological polar surface area (TPSA) is 41.5 Å². The maximum atomic E-state index is 8.67. The van der Waals surface area contributed by atoms with E-state index in [1.165, 1.54) is 5.56 Å². The molecule has 0 saturated carbocycles. The molecule has 0 radical (unpaired) electrons. The van der Waals surface area contributed by atoms with Crippen molar-refractivity contribution in [2.45, 2.75) is 32.3 Å². The molecule has 2 N–H and O–H groups in total. The summed E-state index contributed by atoms with van der Waals surface area (Å²) in [6.45, 7) is 4.54. The first-order valence-corrected chi connectivity index (χ1v) is 6.74. The van der Waals surface area contributed by atoms with Crippen molar-refractivity contribution < 1.29 is 9.84 Å². The lowest BCUT2D eigenvalue weighted by Gasteiger charge is -2.04. The molecule has 1 aliphatic heterocycles. The van der Waals surface area contributed by atoms with Gasteiger partial charge in [0.1, 0.15) is 5.75 Å². The van der Waals surface area contributed by atoms with E-state index in [1.54, 1.807) is 0 Å². The summed E-state index contributed by atoms with van der Waals surface area (Å²) in [5.74, 6) is 3.50. The molecule has 0 amide bonds. The van der Waals surface area contributed by atoms with Crippen molar-refractivity contribution in [1.82, 2.24) is 5.32 Å². The van der Waals surface area contributed by atoms with Crippen LogP contribution in [0.5, 0.6) is 5.75 Å². The second-order valence-corrected chi connectivity index (χ2v) is 4.62. The van der Waals surface area contributed by atoms with Crippen LogP contribution in [0.2, 0.25) is 0 Å². The molecule has 1 heterocycles. The van der Waals surface area contributed by atoms with Gasteiger partial charge in [0.15, 0.2) is 0 Å². The number of terminal acetylenes is 1. The SMILES string of the molecule is C#CCCCOc1ccc(C)cc1.OC1CCNC1. The first kappa shape index (κ1) is 15.6. The number of aliphatic hydroxyl groups is 1. The Morgan fingerprint density at radius 3 is 2.63 bits per heavy atom. The van der Waals surface area contributed by atoms with E-state index in [2.05, 4.69) is 18.2 Å². The molecule has 1 atom stereocenters. The highest BCUT2D eigenvalue weighted by atomic mass is 16.5. The number of aryl methyl sites for hydroxylation is 1. The molecule has 104 valence electrons. The zero-order valence-electron chi connectivity index (χ0n) is 11.6. The van der Waals surface area contributed by atoms with E-state index in [0.717, 1.165) is 38.1 Å². The molecule has 3 nitrogen and oxygen atoms in total. The fourth-order valence-corrected chi connectivity index (χ4v) is 1.64. The predicted octanol–water partition coefficient (Wildman–Crippen LogP) is 2.13. The van der Waals surface area contributed by atoms with Crippen LogP contribution < -0.4 is 10.1 Å². The number of rotatable bonds is 4. The lowest BCUT2D eigenvalue weighted by atomic mass is 10.2. The van der Waals surface area contributed by atoms with Gasteiger partial charge < -0.3 is 15.2 Å². The Morgan fingerprint density at radius 1 is 1.42 bits per heavy atom.